The zero-order valence-corrected chi connectivity index (χ0v) is 26.3. The third kappa shape index (κ3) is 7.74. The van der Waals surface area contributed by atoms with Gasteiger partial charge in [0, 0.05) is 20.2 Å². The summed E-state index contributed by atoms with van der Waals surface area (Å²) in [6.45, 7) is 0. The molecule has 0 rings (SSSR count). The van der Waals surface area contributed by atoms with Crippen LogP contribution in [0.15, 0.2) is 0 Å². The number of hydrogen-bond donors (Lipinski definition) is 0. The Morgan fingerprint density at radius 1 is 0.308 bits per heavy atom. The monoisotopic (exact) mass is 880 g/mol. The molecule has 0 aromatic rings. The van der Waals surface area contributed by atoms with Crippen molar-refractivity contribution >= 4 is 7.37 Å². The summed E-state index contributed by atoms with van der Waals surface area (Å²) < 4.78 is 406. The minimum atomic E-state index is -9.14. The van der Waals surface area contributed by atoms with Crippen LogP contribution >= 0.6 is 7.37 Å². The topological polar surface area (TPSA) is 40.1 Å². The van der Waals surface area contributed by atoms with Gasteiger partial charge >= 0.3 is 113 Å². The van der Waals surface area contributed by atoms with Gasteiger partial charge in [-0.1, -0.05) is 0 Å². The van der Waals surface area contributed by atoms with Crippen LogP contribution in [-0.2, 0) is 4.57 Å². The maximum atomic E-state index is 13.8. The maximum Gasteiger partial charge on any atom is 1.00 e. The van der Waals surface area contributed by atoms with Gasteiger partial charge in [0.2, 0.25) is 0 Å². The van der Waals surface area contributed by atoms with E-state index in [1.54, 1.807) is 0 Å². The minimum absolute atomic E-state index is 0. The molecule has 0 aliphatic rings. The molecule has 0 amide bonds. The fourth-order valence-corrected chi connectivity index (χ4v) is 4.51. The molecule has 0 spiro atoms. The average Bonchev–Trinajstić information content (AvgIpc) is 2.88. The Balaban J connectivity index is 0. The van der Waals surface area contributed by atoms with Crippen LogP contribution in [-0.4, -0.2) is 95.7 Å². The first-order chi connectivity index (χ1) is 21.4. The van der Waals surface area contributed by atoms with Crippen molar-refractivity contribution in [1.29, 1.82) is 0 Å². The Kier molecular flexibility index (Phi) is 14.2. The van der Waals surface area contributed by atoms with E-state index in [2.05, 4.69) is 0 Å². The number of hydrogen-bond acceptors (Lipinski definition) is 2. The van der Waals surface area contributed by atoms with E-state index in [-0.39, 0.29) is 29.6 Å². The SMILES string of the molecule is O=P([O-])(CCC(F)(F)C(F)(F)C(F)(F)C(F)(F)C(F)(F)C(F)(F)F)CCC(F)(F)C(F)(F)C(F)(F)C(F)(F)C(F)(F)C(F)(F)C(F)(F)C(F)(F)F.[Na+]. The molecule has 0 saturated carbocycles. The molecular weight excluding hydrogens is 872 g/mol. The van der Waals surface area contributed by atoms with E-state index >= 15 is 0 Å². The number of alkyl halides is 30. The molecule has 1 atom stereocenters. The Bertz CT molecular complexity index is 1300. The first-order valence-corrected chi connectivity index (χ1v) is 13.4. The van der Waals surface area contributed by atoms with Gasteiger partial charge in [-0.15, -0.1) is 0 Å². The van der Waals surface area contributed by atoms with Gasteiger partial charge in [0.1, 0.15) is 0 Å². The average molecular weight is 880 g/mol. The van der Waals surface area contributed by atoms with E-state index in [9.17, 15) is 141 Å². The van der Waals surface area contributed by atoms with Crippen LogP contribution in [0.3, 0.4) is 0 Å². The molecule has 2 nitrogen and oxygen atoms in total. The van der Waals surface area contributed by atoms with Crippen molar-refractivity contribution in [2.75, 3.05) is 12.3 Å². The van der Waals surface area contributed by atoms with E-state index in [1.807, 2.05) is 0 Å². The normalized spacial score (nSPS) is 17.5. The molecule has 308 valence electrons. The zero-order chi connectivity index (χ0) is 42.3. The second kappa shape index (κ2) is 13.9. The molecule has 1 unspecified atom stereocenters. The van der Waals surface area contributed by atoms with Crippen LogP contribution in [0.5, 0.6) is 0 Å². The number of halogens is 30. The summed E-state index contributed by atoms with van der Waals surface area (Å²) in [6.07, 6.45) is -30.3. The van der Waals surface area contributed by atoms with Crippen LogP contribution < -0.4 is 34.5 Å². The molecule has 0 bridgehead atoms. The van der Waals surface area contributed by atoms with Gasteiger partial charge in [0.05, 0.1) is 0 Å². The largest absolute Gasteiger partial charge is 1.00 e. The summed E-state index contributed by atoms with van der Waals surface area (Å²) >= 11 is 0. The molecule has 0 saturated heterocycles. The molecular formula is C18H8F30NaO2P. The summed E-state index contributed by atoms with van der Waals surface area (Å²) in [7, 11) is -6.93. The van der Waals surface area contributed by atoms with Gasteiger partial charge in [-0.05, 0) is 12.3 Å². The standard InChI is InChI=1S/C18H9F30O2P.Na/c19-5(20,7(23,24)9(27,28)11(31,32)12(33,34)14(37,38)16(41,42)18(46,47)48)1-3-51(49,50)4-2-6(21,22)8(25,26)10(29,30)13(35,36)15(39,40)17(43,44)45;/h1-4H2,(H,49,50);/q;+1/p-1. The van der Waals surface area contributed by atoms with Gasteiger partial charge in [-0.2, -0.15) is 132 Å². The molecule has 34 heteroatoms. The van der Waals surface area contributed by atoms with Crippen LogP contribution in [0.1, 0.15) is 12.8 Å². The Labute approximate surface area is 286 Å². The van der Waals surface area contributed by atoms with Gasteiger partial charge in [0.25, 0.3) is 0 Å². The predicted molar refractivity (Wildman–Crippen MR) is 98.0 cm³/mol. The predicted octanol–water partition coefficient (Wildman–Crippen LogP) is 7.16. The van der Waals surface area contributed by atoms with E-state index < -0.39 is 116 Å². The molecule has 0 N–H and O–H groups in total. The molecule has 0 aromatic heterocycles. The van der Waals surface area contributed by atoms with Gasteiger partial charge in [-0.3, -0.25) is 0 Å². The summed E-state index contributed by atoms with van der Waals surface area (Å²) in [4.78, 5) is 11.6. The molecule has 0 aromatic carbocycles. The summed E-state index contributed by atoms with van der Waals surface area (Å²) in [6, 6.07) is 0. The van der Waals surface area contributed by atoms with Crippen molar-refractivity contribution in [3.8, 4) is 0 Å². The Morgan fingerprint density at radius 3 is 0.635 bits per heavy atom. The second-order valence-corrected chi connectivity index (χ2v) is 12.4. The van der Waals surface area contributed by atoms with E-state index in [0.717, 1.165) is 0 Å². The molecule has 0 aliphatic carbocycles. The van der Waals surface area contributed by atoms with Crippen LogP contribution in [0.2, 0.25) is 0 Å². The van der Waals surface area contributed by atoms with Crippen molar-refractivity contribution < 1.29 is 171 Å². The van der Waals surface area contributed by atoms with Gasteiger partial charge in [0.15, 0.2) is 0 Å². The van der Waals surface area contributed by atoms with Crippen LogP contribution in [0.4, 0.5) is 132 Å². The van der Waals surface area contributed by atoms with Crippen LogP contribution in [0, 0.1) is 0 Å². The fraction of sp³-hybridized carbons (Fsp3) is 1.00. The van der Waals surface area contributed by atoms with Crippen molar-refractivity contribution in [3.63, 3.8) is 0 Å². The van der Waals surface area contributed by atoms with Crippen molar-refractivity contribution in [3.05, 3.63) is 0 Å². The van der Waals surface area contributed by atoms with Crippen molar-refractivity contribution in [1.82, 2.24) is 0 Å². The van der Waals surface area contributed by atoms with Gasteiger partial charge in [-0.25, -0.2) is 0 Å². The fourth-order valence-electron chi connectivity index (χ4n) is 3.05. The first kappa shape index (κ1) is 53.2. The molecule has 52 heavy (non-hydrogen) atoms. The van der Waals surface area contributed by atoms with Gasteiger partial charge < -0.3 is 9.46 Å². The summed E-state index contributed by atoms with van der Waals surface area (Å²) in [5, 5.41) is 0. The van der Waals surface area contributed by atoms with Crippen molar-refractivity contribution in [2.45, 2.75) is 96.3 Å². The molecule has 0 radical (unpaired) electrons. The number of rotatable bonds is 16. The maximum absolute atomic E-state index is 13.8. The zero-order valence-electron chi connectivity index (χ0n) is 23.4. The van der Waals surface area contributed by atoms with Crippen LogP contribution in [0.25, 0.3) is 0 Å². The third-order valence-corrected chi connectivity index (χ3v) is 8.13. The van der Waals surface area contributed by atoms with Crippen molar-refractivity contribution in [2.24, 2.45) is 0 Å². The minimum Gasteiger partial charge on any atom is -0.799 e. The van der Waals surface area contributed by atoms with E-state index in [4.69, 9.17) is 0 Å². The first-order valence-electron chi connectivity index (χ1n) is 11.4. The second-order valence-electron chi connectivity index (χ2n) is 9.91. The smallest absolute Gasteiger partial charge is 0.799 e. The molecule has 0 heterocycles. The Hall–Kier alpha value is -0.910. The Morgan fingerprint density at radius 2 is 0.462 bits per heavy atom. The molecule has 0 fully saturated rings. The molecule has 0 aliphatic heterocycles. The van der Waals surface area contributed by atoms with E-state index in [0.29, 0.717) is 0 Å². The third-order valence-electron chi connectivity index (χ3n) is 6.32. The summed E-state index contributed by atoms with van der Waals surface area (Å²) in [5.74, 6) is -102. The van der Waals surface area contributed by atoms with E-state index in [1.165, 1.54) is 0 Å². The quantitative estimate of drug-likeness (QED) is 0.0940. The summed E-state index contributed by atoms with van der Waals surface area (Å²) in [5.41, 5.74) is 0.